The number of nitrogens with one attached hydrogen (secondary N) is 1. The highest BCUT2D eigenvalue weighted by Crippen LogP contribution is 2.27. The lowest BCUT2D eigenvalue weighted by molar-refractivity contribution is -0.139. The molecule has 3 aromatic rings. The van der Waals surface area contributed by atoms with Gasteiger partial charge in [0.25, 0.3) is 10.0 Å². The highest BCUT2D eigenvalue weighted by atomic mass is 35.5. The molecule has 0 heterocycles. The maximum Gasteiger partial charge on any atom is 0.264 e. The minimum absolute atomic E-state index is 0.00382. The topological polar surface area (TPSA) is 86.8 Å². The van der Waals surface area contributed by atoms with Crippen LogP contribution in [0.3, 0.4) is 0 Å². The van der Waals surface area contributed by atoms with Crippen LogP contribution in [0.25, 0.3) is 0 Å². The van der Waals surface area contributed by atoms with E-state index >= 15 is 0 Å². The van der Waals surface area contributed by atoms with Gasteiger partial charge in [0.1, 0.15) is 12.6 Å². The quantitative estimate of drug-likeness (QED) is 0.265. The summed E-state index contributed by atoms with van der Waals surface area (Å²) >= 11 is 18.3. The standard InChI is InChI=1S/C29H32Cl3N3O4S/c1-5-20(3)33-29(37)21(4)34(17-22-8-15-26(31)27(32)16-22)28(36)18-35(24-11-9-23(30)10-12-24)40(38,39)25-13-6-19(2)7-14-25/h6-16,20-21H,5,17-18H2,1-4H3,(H,33,37). The zero-order valence-corrected chi connectivity index (χ0v) is 25.8. The molecule has 2 amide bonds. The van der Waals surface area contributed by atoms with E-state index in [1.54, 1.807) is 49.4 Å². The van der Waals surface area contributed by atoms with Gasteiger partial charge >= 0.3 is 0 Å². The van der Waals surface area contributed by atoms with Crippen LogP contribution in [0.4, 0.5) is 5.69 Å². The van der Waals surface area contributed by atoms with Gasteiger partial charge in [-0.25, -0.2) is 8.42 Å². The van der Waals surface area contributed by atoms with Crippen LogP contribution in [-0.2, 0) is 26.2 Å². The van der Waals surface area contributed by atoms with Crippen LogP contribution in [0.15, 0.2) is 71.6 Å². The summed E-state index contributed by atoms with van der Waals surface area (Å²) in [6.07, 6.45) is 0.707. The number of amides is 2. The molecule has 0 aliphatic rings. The van der Waals surface area contributed by atoms with Crippen molar-refractivity contribution in [3.63, 3.8) is 0 Å². The number of hydrogen-bond acceptors (Lipinski definition) is 4. The first-order valence-electron chi connectivity index (χ1n) is 12.7. The maximum atomic E-state index is 13.9. The van der Waals surface area contributed by atoms with Crippen LogP contribution in [-0.4, -0.2) is 43.8 Å². The van der Waals surface area contributed by atoms with Crippen molar-refractivity contribution in [1.82, 2.24) is 10.2 Å². The highest BCUT2D eigenvalue weighted by molar-refractivity contribution is 7.92. The van der Waals surface area contributed by atoms with E-state index in [9.17, 15) is 18.0 Å². The molecule has 2 unspecified atom stereocenters. The number of carbonyl (C=O) groups excluding carboxylic acids is 2. The molecule has 214 valence electrons. The summed E-state index contributed by atoms with van der Waals surface area (Å²) in [4.78, 5) is 28.4. The molecule has 40 heavy (non-hydrogen) atoms. The molecule has 0 fully saturated rings. The number of rotatable bonds is 11. The van der Waals surface area contributed by atoms with E-state index in [2.05, 4.69) is 5.32 Å². The molecule has 2 atom stereocenters. The Kier molecular flexibility index (Phi) is 10.9. The molecular weight excluding hydrogens is 593 g/mol. The molecule has 11 heteroatoms. The predicted octanol–water partition coefficient (Wildman–Crippen LogP) is 6.48. The van der Waals surface area contributed by atoms with Crippen LogP contribution in [0, 0.1) is 6.92 Å². The molecule has 0 saturated carbocycles. The summed E-state index contributed by atoms with van der Waals surface area (Å²) in [6.45, 7) is 6.71. The van der Waals surface area contributed by atoms with E-state index in [0.717, 1.165) is 9.87 Å². The average molecular weight is 625 g/mol. The molecule has 0 bridgehead atoms. The molecule has 0 saturated heterocycles. The van der Waals surface area contributed by atoms with Gasteiger partial charge in [-0.15, -0.1) is 0 Å². The maximum absolute atomic E-state index is 13.9. The van der Waals surface area contributed by atoms with E-state index in [0.29, 0.717) is 27.1 Å². The van der Waals surface area contributed by atoms with Crippen LogP contribution in [0.1, 0.15) is 38.3 Å². The average Bonchev–Trinajstić information content (AvgIpc) is 2.92. The summed E-state index contributed by atoms with van der Waals surface area (Å²) in [5, 5.41) is 3.96. The molecule has 0 aliphatic carbocycles. The molecular formula is C29H32Cl3N3O4S. The van der Waals surface area contributed by atoms with Crippen LogP contribution in [0.5, 0.6) is 0 Å². The van der Waals surface area contributed by atoms with Crippen LogP contribution >= 0.6 is 34.8 Å². The van der Waals surface area contributed by atoms with Gasteiger partial charge in [-0.05, 0) is 81.3 Å². The first-order chi connectivity index (χ1) is 18.8. The number of benzene rings is 3. The fraction of sp³-hybridized carbons (Fsp3) is 0.310. The largest absolute Gasteiger partial charge is 0.352 e. The second kappa shape index (κ2) is 13.7. The number of nitrogens with zero attached hydrogens (tertiary/aromatic N) is 2. The van der Waals surface area contributed by atoms with Gasteiger partial charge in [0.2, 0.25) is 11.8 Å². The van der Waals surface area contributed by atoms with Crippen molar-refractivity contribution < 1.29 is 18.0 Å². The van der Waals surface area contributed by atoms with Gasteiger partial charge in [-0.3, -0.25) is 13.9 Å². The Bertz CT molecular complexity index is 1450. The Hall–Kier alpha value is -2.78. The Balaban J connectivity index is 2.03. The second-order valence-electron chi connectivity index (χ2n) is 9.57. The van der Waals surface area contributed by atoms with Gasteiger partial charge in [-0.1, -0.05) is 65.5 Å². The minimum Gasteiger partial charge on any atom is -0.352 e. The Morgan fingerprint density at radius 1 is 0.900 bits per heavy atom. The van der Waals surface area contributed by atoms with Gasteiger partial charge in [0.05, 0.1) is 20.6 Å². The lowest BCUT2D eigenvalue weighted by Gasteiger charge is -2.32. The van der Waals surface area contributed by atoms with Gasteiger partial charge in [0, 0.05) is 17.6 Å². The van der Waals surface area contributed by atoms with E-state index < -0.39 is 28.5 Å². The number of aryl methyl sites for hydroxylation is 1. The van der Waals surface area contributed by atoms with Crippen molar-refractivity contribution in [2.24, 2.45) is 0 Å². The number of carbonyl (C=O) groups is 2. The van der Waals surface area contributed by atoms with Gasteiger partial charge < -0.3 is 10.2 Å². The number of halogens is 3. The Labute approximate surface area is 251 Å². The van der Waals surface area contributed by atoms with Crippen molar-refractivity contribution in [2.75, 3.05) is 10.8 Å². The zero-order valence-electron chi connectivity index (χ0n) is 22.7. The number of anilines is 1. The first-order valence-corrected chi connectivity index (χ1v) is 15.3. The molecule has 0 aromatic heterocycles. The summed E-state index contributed by atoms with van der Waals surface area (Å²) < 4.78 is 28.7. The molecule has 0 spiro atoms. The number of hydrogen-bond donors (Lipinski definition) is 1. The zero-order chi connectivity index (χ0) is 29.6. The fourth-order valence-corrected chi connectivity index (χ4v) is 5.72. The third-order valence-corrected chi connectivity index (χ3v) is 9.29. The molecule has 7 nitrogen and oxygen atoms in total. The van der Waals surface area contributed by atoms with Gasteiger partial charge in [-0.2, -0.15) is 0 Å². The van der Waals surface area contributed by atoms with E-state index in [1.807, 2.05) is 20.8 Å². The Morgan fingerprint density at radius 2 is 1.52 bits per heavy atom. The van der Waals surface area contributed by atoms with Crippen molar-refractivity contribution >= 4 is 62.3 Å². The van der Waals surface area contributed by atoms with Crippen molar-refractivity contribution in [1.29, 1.82) is 0 Å². The van der Waals surface area contributed by atoms with Crippen LogP contribution in [0.2, 0.25) is 15.1 Å². The lowest BCUT2D eigenvalue weighted by Crippen LogP contribution is -2.52. The summed E-state index contributed by atoms with van der Waals surface area (Å²) in [5.74, 6) is -0.939. The van der Waals surface area contributed by atoms with E-state index in [-0.39, 0.29) is 29.1 Å². The molecule has 0 aliphatic heterocycles. The third-order valence-electron chi connectivity index (χ3n) is 6.51. The monoisotopic (exact) mass is 623 g/mol. The molecule has 3 aromatic carbocycles. The van der Waals surface area contributed by atoms with E-state index in [1.165, 1.54) is 29.2 Å². The molecule has 0 radical (unpaired) electrons. The number of sulfonamides is 1. The summed E-state index contributed by atoms with van der Waals surface area (Å²) in [6, 6.07) is 16.4. The van der Waals surface area contributed by atoms with Crippen molar-refractivity contribution in [2.45, 2.75) is 57.6 Å². The SMILES string of the molecule is CCC(C)NC(=O)C(C)N(Cc1ccc(Cl)c(Cl)c1)C(=O)CN(c1ccc(Cl)cc1)S(=O)(=O)c1ccc(C)cc1. The van der Waals surface area contributed by atoms with E-state index in [4.69, 9.17) is 34.8 Å². The second-order valence-corrected chi connectivity index (χ2v) is 12.7. The Morgan fingerprint density at radius 3 is 2.10 bits per heavy atom. The van der Waals surface area contributed by atoms with Crippen molar-refractivity contribution in [3.8, 4) is 0 Å². The van der Waals surface area contributed by atoms with Crippen LogP contribution < -0.4 is 9.62 Å². The summed E-state index contributed by atoms with van der Waals surface area (Å²) in [7, 11) is -4.16. The first kappa shape index (κ1) is 31.7. The van der Waals surface area contributed by atoms with Crippen molar-refractivity contribution in [3.05, 3.63) is 92.9 Å². The summed E-state index contributed by atoms with van der Waals surface area (Å²) in [5.41, 5.74) is 1.77. The highest BCUT2D eigenvalue weighted by Gasteiger charge is 2.32. The fourth-order valence-electron chi connectivity index (χ4n) is 3.86. The minimum atomic E-state index is -4.16. The van der Waals surface area contributed by atoms with Gasteiger partial charge in [0.15, 0.2) is 0 Å². The predicted molar refractivity (Wildman–Crippen MR) is 162 cm³/mol. The molecule has 3 rings (SSSR count). The lowest BCUT2D eigenvalue weighted by atomic mass is 10.1. The normalized spacial score (nSPS) is 12.9. The molecule has 1 N–H and O–H groups in total. The third kappa shape index (κ3) is 7.91. The smallest absolute Gasteiger partial charge is 0.264 e.